The molecule has 0 fully saturated rings. The Morgan fingerprint density at radius 3 is 1.17 bits per heavy atom. The molecule has 0 aliphatic heterocycles. The lowest BCUT2D eigenvalue weighted by Crippen LogP contribution is -2.45. The molecule has 0 aliphatic carbocycles. The molecule has 70 valence electrons. The van der Waals surface area contributed by atoms with Crippen LogP contribution in [0.4, 0.5) is 0 Å². The second-order valence-corrected chi connectivity index (χ2v) is 2.23. The van der Waals surface area contributed by atoms with E-state index in [4.69, 9.17) is 20.4 Å². The summed E-state index contributed by atoms with van der Waals surface area (Å²) in [4.78, 5) is 19.7. The fourth-order valence-corrected chi connectivity index (χ4v) is 0.565. The van der Waals surface area contributed by atoms with E-state index in [1.807, 2.05) is 0 Å². The van der Waals surface area contributed by atoms with Gasteiger partial charge in [0.15, 0.2) is 12.6 Å². The van der Waals surface area contributed by atoms with Crippen molar-refractivity contribution < 1.29 is 30.0 Å². The van der Waals surface area contributed by atoms with Crippen LogP contribution in [0.1, 0.15) is 0 Å². The predicted octanol–water partition coefficient (Wildman–Crippen LogP) is -3.17. The Balaban J connectivity index is 4.16. The van der Waals surface area contributed by atoms with Gasteiger partial charge in [0.1, 0.15) is 24.4 Å². The highest BCUT2D eigenvalue weighted by Gasteiger charge is 2.29. The molecule has 0 bridgehead atoms. The highest BCUT2D eigenvalue weighted by molar-refractivity contribution is 5.59. The molecular formula is C6H10O6. The molecule has 0 aromatic heterocycles. The lowest BCUT2D eigenvalue weighted by Gasteiger charge is -2.20. The number of aliphatic hydroxyl groups excluding tert-OH is 4. The molecule has 0 unspecified atom stereocenters. The minimum Gasteiger partial charge on any atom is -0.387 e. The van der Waals surface area contributed by atoms with E-state index in [0.717, 1.165) is 0 Å². The first-order valence-corrected chi connectivity index (χ1v) is 3.17. The minimum atomic E-state index is -1.86. The minimum absolute atomic E-state index is 0.00852. The number of hydrogen-bond donors (Lipinski definition) is 4. The molecule has 6 heteroatoms. The van der Waals surface area contributed by atoms with Crippen LogP contribution in [-0.2, 0) is 9.59 Å². The highest BCUT2D eigenvalue weighted by Crippen LogP contribution is 2.01. The third-order valence-electron chi connectivity index (χ3n) is 1.33. The van der Waals surface area contributed by atoms with Crippen LogP contribution in [0.2, 0.25) is 0 Å². The van der Waals surface area contributed by atoms with Crippen LogP contribution in [0.25, 0.3) is 0 Å². The summed E-state index contributed by atoms with van der Waals surface area (Å²) < 4.78 is 0. The first kappa shape index (κ1) is 11.2. The Morgan fingerprint density at radius 1 is 0.750 bits per heavy atom. The number of hydrogen-bond acceptors (Lipinski definition) is 6. The van der Waals surface area contributed by atoms with Gasteiger partial charge in [0, 0.05) is 0 Å². The average molecular weight is 178 g/mol. The van der Waals surface area contributed by atoms with Crippen LogP contribution in [0, 0.1) is 0 Å². The molecule has 4 atom stereocenters. The van der Waals surface area contributed by atoms with Gasteiger partial charge in [0.25, 0.3) is 0 Å². The summed E-state index contributed by atoms with van der Waals surface area (Å²) in [5, 5.41) is 34.9. The maximum atomic E-state index is 9.87. The summed E-state index contributed by atoms with van der Waals surface area (Å²) in [5.41, 5.74) is 0. The van der Waals surface area contributed by atoms with Crippen molar-refractivity contribution in [1.29, 1.82) is 0 Å². The summed E-state index contributed by atoms with van der Waals surface area (Å²) >= 11 is 0. The van der Waals surface area contributed by atoms with E-state index in [9.17, 15) is 9.59 Å². The third-order valence-corrected chi connectivity index (χ3v) is 1.33. The van der Waals surface area contributed by atoms with Gasteiger partial charge in [-0.3, -0.25) is 0 Å². The molecule has 0 aromatic carbocycles. The Morgan fingerprint density at radius 2 is 1.00 bits per heavy atom. The van der Waals surface area contributed by atoms with Crippen molar-refractivity contribution in [3.05, 3.63) is 0 Å². The smallest absolute Gasteiger partial charge is 0.151 e. The third kappa shape index (κ3) is 2.67. The summed E-state index contributed by atoms with van der Waals surface area (Å²) in [5.74, 6) is 0. The monoisotopic (exact) mass is 178 g/mol. The highest BCUT2D eigenvalue weighted by atomic mass is 16.4. The largest absolute Gasteiger partial charge is 0.387 e. The van der Waals surface area contributed by atoms with Crippen LogP contribution < -0.4 is 0 Å². The average Bonchev–Trinajstić information content (AvgIpc) is 2.12. The zero-order valence-electron chi connectivity index (χ0n) is 6.07. The fraction of sp³-hybridized carbons (Fsp3) is 0.667. The van der Waals surface area contributed by atoms with Gasteiger partial charge in [-0.1, -0.05) is 0 Å². The van der Waals surface area contributed by atoms with Crippen molar-refractivity contribution in [2.45, 2.75) is 24.4 Å². The fourth-order valence-electron chi connectivity index (χ4n) is 0.565. The van der Waals surface area contributed by atoms with E-state index in [2.05, 4.69) is 0 Å². The number of carbonyl (C=O) groups is 2. The van der Waals surface area contributed by atoms with Gasteiger partial charge in [-0.05, 0) is 0 Å². The molecule has 0 aliphatic rings. The standard InChI is InChI=1S/C6H10O6/c7-1-3(9)5(11)6(12)4(10)2-8/h1-6,9-12H/t3-,4+,5-,6-/m1/s1. The van der Waals surface area contributed by atoms with Gasteiger partial charge in [-0.15, -0.1) is 0 Å². The Hall–Kier alpha value is -0.820. The van der Waals surface area contributed by atoms with Gasteiger partial charge in [0.05, 0.1) is 0 Å². The molecule has 0 radical (unpaired) electrons. The van der Waals surface area contributed by atoms with E-state index in [-0.39, 0.29) is 12.6 Å². The van der Waals surface area contributed by atoms with Crippen molar-refractivity contribution in [3.8, 4) is 0 Å². The van der Waals surface area contributed by atoms with Crippen LogP contribution in [-0.4, -0.2) is 57.4 Å². The molecular weight excluding hydrogens is 168 g/mol. The molecule has 0 saturated heterocycles. The second kappa shape index (κ2) is 4.94. The molecule has 6 nitrogen and oxygen atoms in total. The lowest BCUT2D eigenvalue weighted by atomic mass is 10.1. The van der Waals surface area contributed by atoms with E-state index >= 15 is 0 Å². The lowest BCUT2D eigenvalue weighted by molar-refractivity contribution is -0.140. The number of carbonyl (C=O) groups excluding carboxylic acids is 2. The van der Waals surface area contributed by atoms with Crippen molar-refractivity contribution in [2.75, 3.05) is 0 Å². The van der Waals surface area contributed by atoms with Crippen LogP contribution in [0.15, 0.2) is 0 Å². The second-order valence-electron chi connectivity index (χ2n) is 2.23. The van der Waals surface area contributed by atoms with Crippen LogP contribution in [0.3, 0.4) is 0 Å². The number of aldehydes is 2. The Bertz CT molecular complexity index is 140. The molecule has 0 rings (SSSR count). The van der Waals surface area contributed by atoms with E-state index in [0.29, 0.717) is 0 Å². The maximum Gasteiger partial charge on any atom is 0.151 e. The first-order chi connectivity index (χ1) is 5.54. The molecule has 0 spiro atoms. The molecule has 0 heterocycles. The summed E-state index contributed by atoms with van der Waals surface area (Å²) in [6.07, 6.45) is -7.36. The summed E-state index contributed by atoms with van der Waals surface area (Å²) in [7, 11) is 0. The maximum absolute atomic E-state index is 9.87. The van der Waals surface area contributed by atoms with Crippen molar-refractivity contribution in [3.63, 3.8) is 0 Å². The number of rotatable bonds is 5. The molecule has 0 amide bonds. The van der Waals surface area contributed by atoms with E-state index in [1.54, 1.807) is 0 Å². The molecule has 4 N–H and O–H groups in total. The first-order valence-electron chi connectivity index (χ1n) is 3.17. The van der Waals surface area contributed by atoms with E-state index < -0.39 is 24.4 Å². The van der Waals surface area contributed by atoms with Crippen molar-refractivity contribution in [1.82, 2.24) is 0 Å². The van der Waals surface area contributed by atoms with Crippen LogP contribution >= 0.6 is 0 Å². The van der Waals surface area contributed by atoms with Gasteiger partial charge in [0.2, 0.25) is 0 Å². The van der Waals surface area contributed by atoms with Gasteiger partial charge in [-0.25, -0.2) is 0 Å². The van der Waals surface area contributed by atoms with Gasteiger partial charge >= 0.3 is 0 Å². The van der Waals surface area contributed by atoms with Crippen molar-refractivity contribution >= 4 is 12.6 Å². The Labute approximate surface area is 68.1 Å². The summed E-state index contributed by atoms with van der Waals surface area (Å²) in [6, 6.07) is 0. The normalized spacial score (nSPS) is 20.7. The summed E-state index contributed by atoms with van der Waals surface area (Å²) in [6.45, 7) is 0. The zero-order chi connectivity index (χ0) is 9.72. The Kier molecular flexibility index (Phi) is 4.60. The van der Waals surface area contributed by atoms with Crippen molar-refractivity contribution in [2.24, 2.45) is 0 Å². The van der Waals surface area contributed by atoms with Crippen LogP contribution in [0.5, 0.6) is 0 Å². The molecule has 0 aromatic rings. The van der Waals surface area contributed by atoms with E-state index in [1.165, 1.54) is 0 Å². The number of aliphatic hydroxyl groups is 4. The van der Waals surface area contributed by atoms with Gasteiger partial charge in [-0.2, -0.15) is 0 Å². The quantitative estimate of drug-likeness (QED) is 0.330. The topological polar surface area (TPSA) is 115 Å². The molecule has 12 heavy (non-hydrogen) atoms. The predicted molar refractivity (Wildman–Crippen MR) is 36.2 cm³/mol. The zero-order valence-corrected chi connectivity index (χ0v) is 6.07. The SMILES string of the molecule is O=C[C@@H](O)[C@@H](O)[C@H](O)[C@@H](O)C=O. The molecule has 0 saturated carbocycles. The van der Waals surface area contributed by atoms with Gasteiger partial charge < -0.3 is 30.0 Å².